The van der Waals surface area contributed by atoms with E-state index in [1.54, 1.807) is 11.0 Å². The number of urea groups is 1. The molecule has 1 saturated carbocycles. The molecule has 39 heavy (non-hydrogen) atoms. The van der Waals surface area contributed by atoms with Gasteiger partial charge in [-0.1, -0.05) is 49.6 Å². The van der Waals surface area contributed by atoms with Crippen LogP contribution in [-0.2, 0) is 6.54 Å². The molecule has 3 aliphatic rings. The van der Waals surface area contributed by atoms with E-state index in [1.165, 1.54) is 37.0 Å². The second kappa shape index (κ2) is 11.9. The van der Waals surface area contributed by atoms with Crippen molar-refractivity contribution < 1.29 is 13.9 Å². The zero-order valence-corrected chi connectivity index (χ0v) is 23.4. The molecule has 2 fully saturated rings. The van der Waals surface area contributed by atoms with E-state index in [2.05, 4.69) is 39.5 Å². The number of carbonyl (C=O) groups excluding carboxylic acids is 1. The number of anilines is 1. The maximum Gasteiger partial charge on any atom is 0.350 e. The molecule has 0 aromatic heterocycles. The Labute approximate surface area is 231 Å². The number of nitrogens with one attached hydrogen (secondary N) is 1. The van der Waals surface area contributed by atoms with Crippen LogP contribution in [0.1, 0.15) is 71.3 Å². The summed E-state index contributed by atoms with van der Waals surface area (Å²) in [6.45, 7) is 7.65. The lowest BCUT2D eigenvalue weighted by Crippen LogP contribution is -2.64. The number of rotatable bonds is 7. The number of piperidine rings is 1. The maximum atomic E-state index is 14.4. The molecule has 5 rings (SSSR count). The first-order valence-electron chi connectivity index (χ1n) is 14.5. The van der Waals surface area contributed by atoms with Gasteiger partial charge in [0.15, 0.2) is 0 Å². The minimum absolute atomic E-state index is 0.0822. The van der Waals surface area contributed by atoms with Crippen LogP contribution in [-0.4, -0.2) is 47.0 Å². The third-order valence-corrected chi connectivity index (χ3v) is 8.18. The number of ether oxygens (including phenoxy) is 1. The highest BCUT2D eigenvalue weighted by molar-refractivity contribution is 6.16. The average Bonchev–Trinajstić information content (AvgIpc) is 3.16. The molecule has 2 heterocycles. The van der Waals surface area contributed by atoms with E-state index in [0.717, 1.165) is 37.5 Å². The molecule has 1 aliphatic carbocycles. The van der Waals surface area contributed by atoms with Gasteiger partial charge in [-0.2, -0.15) is 4.99 Å². The van der Waals surface area contributed by atoms with Gasteiger partial charge in [-0.15, -0.1) is 0 Å². The van der Waals surface area contributed by atoms with Crippen molar-refractivity contribution >= 4 is 17.6 Å². The summed E-state index contributed by atoms with van der Waals surface area (Å²) in [5.74, 6) is 1.28. The second-order valence-electron chi connectivity index (χ2n) is 11.4. The first-order valence-corrected chi connectivity index (χ1v) is 14.5. The topological polar surface area (TPSA) is 57.2 Å². The van der Waals surface area contributed by atoms with E-state index >= 15 is 0 Å². The van der Waals surface area contributed by atoms with Gasteiger partial charge in [-0.05, 0) is 82.3 Å². The summed E-state index contributed by atoms with van der Waals surface area (Å²) >= 11 is 0. The average molecular weight is 533 g/mol. The van der Waals surface area contributed by atoms with Crippen LogP contribution in [0, 0.1) is 5.82 Å². The van der Waals surface area contributed by atoms with Crippen LogP contribution in [0.25, 0.3) is 0 Å². The van der Waals surface area contributed by atoms with E-state index in [4.69, 9.17) is 4.74 Å². The monoisotopic (exact) mass is 532 g/mol. The van der Waals surface area contributed by atoms with Crippen molar-refractivity contribution in [2.75, 3.05) is 11.4 Å². The standard InChI is InChI=1S/C32H41FN4O2/c1-4-10-28-21-32(17-18-36(28)22-24-11-8-16-29(19-24)39-23(2)3)30(34-26-13-6-5-7-14-26)35-31(38)37(32)27-15-9-12-25(33)20-27/h4,8-12,15-16,19-20,23,26,28H,5-7,13-14,17-18,21-22H2,1-3H3,(H,34,35,38)/t28-,32+/m0/s1. The van der Waals surface area contributed by atoms with Gasteiger partial charge in [-0.3, -0.25) is 9.80 Å². The quantitative estimate of drug-likeness (QED) is 0.396. The number of amides is 2. The van der Waals surface area contributed by atoms with Gasteiger partial charge in [0.1, 0.15) is 22.9 Å². The SMILES string of the molecule is CC=C[C@H]1C[C@]2(CCN1Cc1cccc(OC(C)C)c1)C(NC1CCCCC1)=NC(=O)N2c1cccc(F)c1. The number of allylic oxidation sites excluding steroid dienone is 1. The molecule has 0 unspecified atom stereocenters. The fraction of sp³-hybridized carbons (Fsp3) is 0.500. The van der Waals surface area contributed by atoms with E-state index in [-0.39, 0.29) is 24.0 Å². The lowest BCUT2D eigenvalue weighted by molar-refractivity contribution is 0.138. The fourth-order valence-electron chi connectivity index (χ4n) is 6.44. The van der Waals surface area contributed by atoms with Crippen LogP contribution in [0.2, 0.25) is 0 Å². The van der Waals surface area contributed by atoms with Crippen molar-refractivity contribution in [2.45, 2.75) is 96.0 Å². The number of benzene rings is 2. The molecule has 6 nitrogen and oxygen atoms in total. The van der Waals surface area contributed by atoms with Crippen LogP contribution >= 0.6 is 0 Å². The van der Waals surface area contributed by atoms with Crippen molar-refractivity contribution in [3.8, 4) is 5.75 Å². The summed E-state index contributed by atoms with van der Waals surface area (Å²) in [5.41, 5.74) is 1.11. The number of hydrogen-bond donors (Lipinski definition) is 1. The van der Waals surface area contributed by atoms with Gasteiger partial charge in [0.2, 0.25) is 0 Å². The van der Waals surface area contributed by atoms with E-state index in [1.807, 2.05) is 39.0 Å². The predicted molar refractivity (Wildman–Crippen MR) is 155 cm³/mol. The molecular weight excluding hydrogens is 491 g/mol. The Kier molecular flexibility index (Phi) is 8.36. The zero-order chi connectivity index (χ0) is 27.4. The van der Waals surface area contributed by atoms with Crippen LogP contribution in [0.5, 0.6) is 5.75 Å². The largest absolute Gasteiger partial charge is 0.491 e. The first-order chi connectivity index (χ1) is 18.9. The van der Waals surface area contributed by atoms with Crippen molar-refractivity contribution in [1.29, 1.82) is 0 Å². The van der Waals surface area contributed by atoms with Crippen LogP contribution in [0.15, 0.2) is 65.7 Å². The molecule has 2 amide bonds. The minimum atomic E-state index is -0.647. The Hall–Kier alpha value is -3.19. The minimum Gasteiger partial charge on any atom is -0.491 e. The van der Waals surface area contributed by atoms with Gasteiger partial charge in [0, 0.05) is 30.9 Å². The summed E-state index contributed by atoms with van der Waals surface area (Å²) in [6, 6.07) is 14.7. The third kappa shape index (κ3) is 6.03. The van der Waals surface area contributed by atoms with Crippen LogP contribution in [0.3, 0.4) is 0 Å². The van der Waals surface area contributed by atoms with Gasteiger partial charge in [0.05, 0.1) is 6.10 Å². The Morgan fingerprint density at radius 1 is 1.15 bits per heavy atom. The summed E-state index contributed by atoms with van der Waals surface area (Å²) in [7, 11) is 0. The van der Waals surface area contributed by atoms with E-state index in [0.29, 0.717) is 24.6 Å². The molecule has 1 spiro atoms. The zero-order valence-electron chi connectivity index (χ0n) is 23.4. The third-order valence-electron chi connectivity index (χ3n) is 8.18. The number of likely N-dealkylation sites (tertiary alicyclic amines) is 1. The van der Waals surface area contributed by atoms with E-state index < -0.39 is 5.54 Å². The molecule has 208 valence electrons. The Bertz CT molecular complexity index is 1220. The molecule has 2 atom stereocenters. The number of amidine groups is 1. The molecule has 0 bridgehead atoms. The fourth-order valence-corrected chi connectivity index (χ4v) is 6.44. The summed E-state index contributed by atoms with van der Waals surface area (Å²) < 4.78 is 20.3. The highest BCUT2D eigenvalue weighted by Crippen LogP contribution is 2.42. The number of carbonyl (C=O) groups is 1. The molecule has 7 heteroatoms. The van der Waals surface area contributed by atoms with Crippen molar-refractivity contribution in [1.82, 2.24) is 10.2 Å². The number of halogens is 1. The number of hydrogen-bond acceptors (Lipinski definition) is 4. The molecular formula is C32H41FN4O2. The number of nitrogens with zero attached hydrogens (tertiary/aromatic N) is 3. The Balaban J connectivity index is 1.45. The van der Waals surface area contributed by atoms with Gasteiger partial charge < -0.3 is 10.1 Å². The van der Waals surface area contributed by atoms with E-state index in [9.17, 15) is 9.18 Å². The van der Waals surface area contributed by atoms with Crippen molar-refractivity contribution in [3.05, 3.63) is 72.1 Å². The molecule has 0 radical (unpaired) electrons. The molecule has 1 N–H and O–H groups in total. The normalized spacial score (nSPS) is 24.6. The lowest BCUT2D eigenvalue weighted by atomic mass is 9.79. The Morgan fingerprint density at radius 3 is 2.69 bits per heavy atom. The summed E-state index contributed by atoms with van der Waals surface area (Å²) in [6.07, 6.45) is 11.6. The van der Waals surface area contributed by atoms with Crippen LogP contribution in [0.4, 0.5) is 14.9 Å². The van der Waals surface area contributed by atoms with Crippen molar-refractivity contribution in [2.24, 2.45) is 4.99 Å². The molecule has 2 aromatic rings. The van der Waals surface area contributed by atoms with Gasteiger partial charge in [0.25, 0.3) is 0 Å². The smallest absolute Gasteiger partial charge is 0.350 e. The van der Waals surface area contributed by atoms with Crippen LogP contribution < -0.4 is 15.0 Å². The first kappa shape index (κ1) is 27.4. The second-order valence-corrected chi connectivity index (χ2v) is 11.4. The Morgan fingerprint density at radius 2 is 1.95 bits per heavy atom. The predicted octanol–water partition coefficient (Wildman–Crippen LogP) is 6.85. The van der Waals surface area contributed by atoms with Gasteiger partial charge in [-0.25, -0.2) is 9.18 Å². The highest BCUT2D eigenvalue weighted by atomic mass is 19.1. The maximum absolute atomic E-state index is 14.4. The summed E-state index contributed by atoms with van der Waals surface area (Å²) in [4.78, 5) is 22.3. The number of aliphatic imine (C=N–C) groups is 1. The summed E-state index contributed by atoms with van der Waals surface area (Å²) in [5, 5.41) is 3.71. The highest BCUT2D eigenvalue weighted by Gasteiger charge is 2.54. The van der Waals surface area contributed by atoms with Crippen molar-refractivity contribution in [3.63, 3.8) is 0 Å². The molecule has 2 aliphatic heterocycles. The molecule has 1 saturated heterocycles. The van der Waals surface area contributed by atoms with Gasteiger partial charge >= 0.3 is 6.03 Å². The molecule has 2 aromatic carbocycles. The lowest BCUT2D eigenvalue weighted by Gasteiger charge is -2.49.